The first-order chi connectivity index (χ1) is 8.55. The molecular weight excluding hydrogens is 226 g/mol. The highest BCUT2D eigenvalue weighted by Gasteiger charge is 2.32. The average molecular weight is 247 g/mol. The van der Waals surface area contributed by atoms with Crippen LogP contribution in [0.3, 0.4) is 0 Å². The standard InChI is InChI=1S/C14H21N3O/c1-4-6-17-7-5-12(10-13(17)15)14(2)11-16(3)8-9-18-14/h4-7,10,15H,8-9,11H2,1-3H3/b6-4-,15-13?. The number of pyridine rings is 1. The zero-order valence-electron chi connectivity index (χ0n) is 11.3. The summed E-state index contributed by atoms with van der Waals surface area (Å²) >= 11 is 0. The number of nitrogens with one attached hydrogen (secondary N) is 1. The van der Waals surface area contributed by atoms with Crippen molar-refractivity contribution >= 4 is 6.20 Å². The molecule has 4 heteroatoms. The second-order valence-corrected chi connectivity index (χ2v) is 5.01. The van der Waals surface area contributed by atoms with Crippen LogP contribution in [0.1, 0.15) is 19.4 Å². The molecule has 2 heterocycles. The molecule has 1 atom stereocenters. The highest BCUT2D eigenvalue weighted by atomic mass is 16.5. The van der Waals surface area contributed by atoms with Crippen molar-refractivity contribution in [3.63, 3.8) is 0 Å². The van der Waals surface area contributed by atoms with Crippen LogP contribution in [0.2, 0.25) is 0 Å². The van der Waals surface area contributed by atoms with E-state index in [1.807, 2.05) is 37.5 Å². The van der Waals surface area contributed by atoms with Crippen molar-refractivity contribution in [2.24, 2.45) is 0 Å². The maximum Gasteiger partial charge on any atom is 0.129 e. The quantitative estimate of drug-likeness (QED) is 0.863. The molecule has 0 radical (unpaired) electrons. The van der Waals surface area contributed by atoms with Crippen LogP contribution in [0.15, 0.2) is 24.4 Å². The fraction of sp³-hybridized carbons (Fsp3) is 0.500. The molecule has 4 nitrogen and oxygen atoms in total. The molecule has 1 saturated heterocycles. The Labute approximate surface area is 108 Å². The Kier molecular flexibility index (Phi) is 3.68. The van der Waals surface area contributed by atoms with Crippen molar-refractivity contribution in [3.05, 3.63) is 35.5 Å². The molecule has 1 N–H and O–H groups in total. The summed E-state index contributed by atoms with van der Waals surface area (Å²) < 4.78 is 7.72. The van der Waals surface area contributed by atoms with Gasteiger partial charge in [-0.05, 0) is 38.6 Å². The summed E-state index contributed by atoms with van der Waals surface area (Å²) in [6.07, 6.45) is 5.72. The van der Waals surface area contributed by atoms with E-state index >= 15 is 0 Å². The lowest BCUT2D eigenvalue weighted by Gasteiger charge is -2.39. The van der Waals surface area contributed by atoms with Gasteiger partial charge in [0, 0.05) is 25.5 Å². The van der Waals surface area contributed by atoms with Crippen LogP contribution in [0.5, 0.6) is 0 Å². The minimum Gasteiger partial charge on any atom is -0.368 e. The molecule has 2 rings (SSSR count). The van der Waals surface area contributed by atoms with Gasteiger partial charge in [0.1, 0.15) is 11.1 Å². The lowest BCUT2D eigenvalue weighted by atomic mass is 9.95. The number of ether oxygens (including phenoxy) is 1. The fourth-order valence-electron chi connectivity index (χ4n) is 2.37. The number of rotatable bonds is 2. The van der Waals surface area contributed by atoms with Gasteiger partial charge in [0.05, 0.1) is 6.61 Å². The van der Waals surface area contributed by atoms with Crippen molar-refractivity contribution in [2.45, 2.75) is 19.4 Å². The van der Waals surface area contributed by atoms with Gasteiger partial charge in [0.15, 0.2) is 0 Å². The third-order valence-electron chi connectivity index (χ3n) is 3.37. The number of hydrogen-bond donors (Lipinski definition) is 1. The summed E-state index contributed by atoms with van der Waals surface area (Å²) in [6, 6.07) is 3.93. The number of aromatic nitrogens is 1. The highest BCUT2D eigenvalue weighted by Crippen LogP contribution is 2.27. The summed E-state index contributed by atoms with van der Waals surface area (Å²) in [6.45, 7) is 6.61. The monoisotopic (exact) mass is 247 g/mol. The van der Waals surface area contributed by atoms with Crippen molar-refractivity contribution in [1.29, 1.82) is 5.41 Å². The van der Waals surface area contributed by atoms with Crippen LogP contribution in [-0.4, -0.2) is 36.2 Å². The molecule has 0 aromatic carbocycles. The van der Waals surface area contributed by atoms with E-state index in [2.05, 4.69) is 18.9 Å². The lowest BCUT2D eigenvalue weighted by Crippen LogP contribution is -2.46. The van der Waals surface area contributed by atoms with E-state index < -0.39 is 0 Å². The first-order valence-corrected chi connectivity index (χ1v) is 6.28. The van der Waals surface area contributed by atoms with Gasteiger partial charge in [-0.1, -0.05) is 6.08 Å². The Morgan fingerprint density at radius 2 is 2.28 bits per heavy atom. The predicted octanol–water partition coefficient (Wildman–Crippen LogP) is 1.64. The Morgan fingerprint density at radius 1 is 1.50 bits per heavy atom. The SMILES string of the molecule is C/C=C\n1ccc(C2(C)CN(C)CCO2)cc1=N. The van der Waals surface area contributed by atoms with Crippen molar-refractivity contribution in [1.82, 2.24) is 9.47 Å². The molecular formula is C14H21N3O. The van der Waals surface area contributed by atoms with Crippen molar-refractivity contribution in [2.75, 3.05) is 26.7 Å². The lowest BCUT2D eigenvalue weighted by molar-refractivity contribution is -0.0964. The number of hydrogen-bond acceptors (Lipinski definition) is 3. The molecule has 0 bridgehead atoms. The molecule has 98 valence electrons. The van der Waals surface area contributed by atoms with Gasteiger partial charge in [-0.2, -0.15) is 0 Å². The van der Waals surface area contributed by atoms with E-state index in [1.54, 1.807) is 4.57 Å². The molecule has 1 aliphatic rings. The van der Waals surface area contributed by atoms with Crippen LogP contribution in [-0.2, 0) is 10.3 Å². The molecule has 1 fully saturated rings. The molecule has 1 aliphatic heterocycles. The molecule has 1 unspecified atom stereocenters. The predicted molar refractivity (Wildman–Crippen MR) is 72.1 cm³/mol. The Hall–Kier alpha value is -1.39. The van der Waals surface area contributed by atoms with Crippen LogP contribution in [0.25, 0.3) is 6.20 Å². The van der Waals surface area contributed by atoms with E-state index in [1.165, 1.54) is 0 Å². The average Bonchev–Trinajstić information content (AvgIpc) is 2.31. The zero-order valence-corrected chi connectivity index (χ0v) is 11.3. The Balaban J connectivity index is 2.33. The Bertz CT molecular complexity index is 506. The molecule has 1 aromatic rings. The maximum absolute atomic E-state index is 8.01. The van der Waals surface area contributed by atoms with Crippen molar-refractivity contribution in [3.8, 4) is 0 Å². The number of allylic oxidation sites excluding steroid dienone is 1. The van der Waals surface area contributed by atoms with Gasteiger partial charge in [-0.3, -0.25) is 5.41 Å². The van der Waals surface area contributed by atoms with Crippen molar-refractivity contribution < 1.29 is 4.74 Å². The molecule has 0 saturated carbocycles. The molecule has 0 spiro atoms. The van der Waals surface area contributed by atoms with Gasteiger partial charge in [-0.15, -0.1) is 0 Å². The summed E-state index contributed by atoms with van der Waals surface area (Å²) in [5, 5.41) is 8.01. The molecule has 0 aliphatic carbocycles. The minimum absolute atomic E-state index is 0.308. The van der Waals surface area contributed by atoms with E-state index in [-0.39, 0.29) is 5.60 Å². The van der Waals surface area contributed by atoms with E-state index in [4.69, 9.17) is 10.1 Å². The first kappa shape index (κ1) is 13.1. The normalized spacial score (nSPS) is 25.7. The smallest absolute Gasteiger partial charge is 0.129 e. The van der Waals surface area contributed by atoms with E-state index in [0.717, 1.165) is 25.3 Å². The second kappa shape index (κ2) is 5.08. The largest absolute Gasteiger partial charge is 0.368 e. The summed E-state index contributed by atoms with van der Waals surface area (Å²) in [5.41, 5.74) is 1.24. The molecule has 0 amide bonds. The van der Waals surface area contributed by atoms with E-state index in [9.17, 15) is 0 Å². The zero-order chi connectivity index (χ0) is 13.2. The number of likely N-dealkylation sites (N-methyl/N-ethyl adjacent to an activating group) is 1. The van der Waals surface area contributed by atoms with Crippen LogP contribution in [0, 0.1) is 5.41 Å². The van der Waals surface area contributed by atoms with Gasteiger partial charge in [0.25, 0.3) is 0 Å². The molecule has 1 aromatic heterocycles. The summed E-state index contributed by atoms with van der Waals surface area (Å²) in [7, 11) is 2.10. The summed E-state index contributed by atoms with van der Waals surface area (Å²) in [4.78, 5) is 2.26. The molecule has 18 heavy (non-hydrogen) atoms. The third kappa shape index (κ3) is 2.54. The topological polar surface area (TPSA) is 41.2 Å². The van der Waals surface area contributed by atoms with Crippen LogP contribution < -0.4 is 5.49 Å². The maximum atomic E-state index is 8.01. The first-order valence-electron chi connectivity index (χ1n) is 6.28. The highest BCUT2D eigenvalue weighted by molar-refractivity contribution is 5.26. The van der Waals surface area contributed by atoms with Gasteiger partial charge >= 0.3 is 0 Å². The number of nitrogens with zero attached hydrogens (tertiary/aromatic N) is 2. The van der Waals surface area contributed by atoms with Crippen LogP contribution >= 0.6 is 0 Å². The fourth-order valence-corrected chi connectivity index (χ4v) is 2.37. The second-order valence-electron chi connectivity index (χ2n) is 5.01. The van der Waals surface area contributed by atoms with Gasteiger partial charge in [-0.25, -0.2) is 0 Å². The number of morpholine rings is 1. The van der Waals surface area contributed by atoms with Gasteiger partial charge < -0.3 is 14.2 Å². The van der Waals surface area contributed by atoms with Crippen LogP contribution in [0.4, 0.5) is 0 Å². The Morgan fingerprint density at radius 3 is 2.89 bits per heavy atom. The third-order valence-corrected chi connectivity index (χ3v) is 3.37. The van der Waals surface area contributed by atoms with E-state index in [0.29, 0.717) is 5.49 Å². The summed E-state index contributed by atoms with van der Waals surface area (Å²) in [5.74, 6) is 0. The minimum atomic E-state index is -0.308. The van der Waals surface area contributed by atoms with Gasteiger partial charge in [0.2, 0.25) is 0 Å².